The first kappa shape index (κ1) is 13.3. The van der Waals surface area contributed by atoms with E-state index < -0.39 is 17.3 Å². The first-order chi connectivity index (χ1) is 8.49. The average Bonchev–Trinajstić information content (AvgIpc) is 2.78. The molecule has 2 nitrogen and oxygen atoms in total. The molecular weight excluding hydrogens is 241 g/mol. The number of aromatic nitrogens is 1. The number of nitrogens with zero attached hydrogens (tertiary/aromatic N) is 1. The minimum atomic E-state index is -4.32. The summed E-state index contributed by atoms with van der Waals surface area (Å²) in [4.78, 5) is 3.89. The highest BCUT2D eigenvalue weighted by atomic mass is 19.4. The summed E-state index contributed by atoms with van der Waals surface area (Å²) in [5.41, 5.74) is -0.800. The molecule has 1 saturated heterocycles. The highest BCUT2D eigenvalue weighted by Gasteiger charge is 2.42. The van der Waals surface area contributed by atoms with Gasteiger partial charge in [-0.3, -0.25) is 4.98 Å². The molecule has 1 aliphatic heterocycles. The molecule has 100 valence electrons. The summed E-state index contributed by atoms with van der Waals surface area (Å²) in [5, 5.41) is 3.26. The van der Waals surface area contributed by atoms with Crippen LogP contribution < -0.4 is 5.32 Å². The highest BCUT2D eigenvalue weighted by molar-refractivity contribution is 5.34. The average molecular weight is 258 g/mol. The van der Waals surface area contributed by atoms with E-state index in [9.17, 15) is 13.2 Å². The van der Waals surface area contributed by atoms with Crippen LogP contribution in [0.15, 0.2) is 18.5 Å². The van der Waals surface area contributed by atoms with E-state index in [1.807, 2.05) is 6.92 Å². The Kier molecular flexibility index (Phi) is 3.61. The van der Waals surface area contributed by atoms with Crippen molar-refractivity contribution >= 4 is 0 Å². The maximum atomic E-state index is 13.1. The van der Waals surface area contributed by atoms with Crippen molar-refractivity contribution in [3.8, 4) is 0 Å². The van der Waals surface area contributed by atoms with Crippen LogP contribution in [0, 0.1) is 0 Å². The van der Waals surface area contributed by atoms with E-state index in [0.29, 0.717) is 12.0 Å². The zero-order valence-corrected chi connectivity index (χ0v) is 10.3. The van der Waals surface area contributed by atoms with Gasteiger partial charge in [0.05, 0.1) is 5.56 Å². The molecule has 0 spiro atoms. The van der Waals surface area contributed by atoms with Crippen molar-refractivity contribution in [3.63, 3.8) is 0 Å². The Morgan fingerprint density at radius 3 is 2.78 bits per heavy atom. The van der Waals surface area contributed by atoms with Crippen molar-refractivity contribution in [2.45, 2.75) is 44.3 Å². The predicted molar refractivity (Wildman–Crippen MR) is 63.1 cm³/mol. The van der Waals surface area contributed by atoms with Gasteiger partial charge in [0.15, 0.2) is 0 Å². The molecule has 0 aromatic carbocycles. The van der Waals surface area contributed by atoms with Crippen LogP contribution in [0.5, 0.6) is 0 Å². The first-order valence-corrected chi connectivity index (χ1v) is 6.26. The number of hydrogen-bond acceptors (Lipinski definition) is 2. The Labute approximate surface area is 105 Å². The number of rotatable bonds is 3. The summed E-state index contributed by atoms with van der Waals surface area (Å²) < 4.78 is 39.2. The second-order valence-electron chi connectivity index (χ2n) is 4.78. The molecule has 1 unspecified atom stereocenters. The molecule has 2 heterocycles. The second kappa shape index (κ2) is 4.88. The van der Waals surface area contributed by atoms with E-state index in [4.69, 9.17) is 0 Å². The monoisotopic (exact) mass is 258 g/mol. The predicted octanol–water partition coefficient (Wildman–Crippen LogP) is 3.48. The molecule has 1 aromatic heterocycles. The lowest BCUT2D eigenvalue weighted by atomic mass is 9.82. The topological polar surface area (TPSA) is 24.9 Å². The summed E-state index contributed by atoms with van der Waals surface area (Å²) in [6.07, 6.45) is 1.48. The van der Waals surface area contributed by atoms with E-state index in [2.05, 4.69) is 10.3 Å². The molecule has 1 aromatic rings. The fraction of sp³-hybridized carbons (Fsp3) is 0.615. The molecule has 18 heavy (non-hydrogen) atoms. The Bertz CT molecular complexity index is 409. The van der Waals surface area contributed by atoms with Gasteiger partial charge in [-0.1, -0.05) is 13.3 Å². The lowest BCUT2D eigenvalue weighted by molar-refractivity contribution is -0.139. The van der Waals surface area contributed by atoms with Crippen LogP contribution in [0.2, 0.25) is 0 Å². The Morgan fingerprint density at radius 1 is 1.44 bits per heavy atom. The van der Waals surface area contributed by atoms with Gasteiger partial charge < -0.3 is 5.32 Å². The molecule has 2 rings (SSSR count). The molecule has 1 atom stereocenters. The van der Waals surface area contributed by atoms with Crippen LogP contribution in [-0.4, -0.2) is 11.5 Å². The first-order valence-electron chi connectivity index (χ1n) is 6.26. The van der Waals surface area contributed by atoms with Crippen molar-refractivity contribution < 1.29 is 13.2 Å². The molecule has 1 N–H and O–H groups in total. The Morgan fingerprint density at radius 2 is 2.22 bits per heavy atom. The second-order valence-corrected chi connectivity index (χ2v) is 4.78. The number of nitrogens with one attached hydrogen (secondary N) is 1. The zero-order chi connectivity index (χ0) is 13.2. The summed E-state index contributed by atoms with van der Waals surface area (Å²) in [7, 11) is 0. The fourth-order valence-electron chi connectivity index (χ4n) is 2.83. The van der Waals surface area contributed by atoms with Gasteiger partial charge in [-0.05, 0) is 31.9 Å². The van der Waals surface area contributed by atoms with Crippen molar-refractivity contribution in [1.82, 2.24) is 10.3 Å². The van der Waals surface area contributed by atoms with E-state index in [1.165, 1.54) is 12.4 Å². The van der Waals surface area contributed by atoms with E-state index >= 15 is 0 Å². The van der Waals surface area contributed by atoms with Crippen LogP contribution in [0.4, 0.5) is 13.2 Å². The van der Waals surface area contributed by atoms with Gasteiger partial charge in [0.1, 0.15) is 0 Å². The van der Waals surface area contributed by atoms with Crippen molar-refractivity contribution in [2.24, 2.45) is 0 Å². The summed E-state index contributed by atoms with van der Waals surface area (Å²) in [6, 6.07) is 1.08. The van der Waals surface area contributed by atoms with Crippen molar-refractivity contribution in [1.29, 1.82) is 0 Å². The molecule has 5 heteroatoms. The van der Waals surface area contributed by atoms with Crippen LogP contribution in [-0.2, 0) is 11.7 Å². The third kappa shape index (κ3) is 2.36. The number of pyridine rings is 1. The van der Waals surface area contributed by atoms with E-state index in [0.717, 1.165) is 31.9 Å². The fourth-order valence-corrected chi connectivity index (χ4v) is 2.83. The van der Waals surface area contributed by atoms with Gasteiger partial charge in [-0.15, -0.1) is 0 Å². The van der Waals surface area contributed by atoms with E-state index in [-0.39, 0.29) is 0 Å². The Hall–Kier alpha value is -1.10. The molecule has 0 radical (unpaired) electrons. The largest absolute Gasteiger partial charge is 0.416 e. The van der Waals surface area contributed by atoms with Crippen LogP contribution >= 0.6 is 0 Å². The van der Waals surface area contributed by atoms with Crippen LogP contribution in [0.25, 0.3) is 0 Å². The van der Waals surface area contributed by atoms with Crippen LogP contribution in [0.3, 0.4) is 0 Å². The van der Waals surface area contributed by atoms with Gasteiger partial charge in [0.25, 0.3) is 0 Å². The lowest BCUT2D eigenvalue weighted by Gasteiger charge is -2.32. The number of hydrogen-bond donors (Lipinski definition) is 1. The minimum Gasteiger partial charge on any atom is -0.307 e. The third-order valence-electron chi connectivity index (χ3n) is 3.56. The SMILES string of the molecule is CCCC1(c2cnccc2C(F)(F)F)CCCN1. The summed E-state index contributed by atoms with van der Waals surface area (Å²) >= 11 is 0. The number of alkyl halides is 3. The summed E-state index contributed by atoms with van der Waals surface area (Å²) in [6.45, 7) is 2.76. The normalized spacial score (nSPS) is 24.4. The maximum Gasteiger partial charge on any atom is 0.416 e. The van der Waals surface area contributed by atoms with Crippen LogP contribution in [0.1, 0.15) is 43.7 Å². The molecule has 0 saturated carbocycles. The van der Waals surface area contributed by atoms with Gasteiger partial charge >= 0.3 is 6.18 Å². The van der Waals surface area contributed by atoms with E-state index in [1.54, 1.807) is 0 Å². The van der Waals surface area contributed by atoms with Gasteiger partial charge in [0.2, 0.25) is 0 Å². The molecule has 1 aliphatic rings. The molecule has 0 aliphatic carbocycles. The van der Waals surface area contributed by atoms with Gasteiger partial charge in [-0.2, -0.15) is 13.2 Å². The number of halogens is 3. The molecular formula is C13H17F3N2. The zero-order valence-electron chi connectivity index (χ0n) is 10.3. The molecule has 1 fully saturated rings. The van der Waals surface area contributed by atoms with Crippen molar-refractivity contribution in [2.75, 3.05) is 6.54 Å². The quantitative estimate of drug-likeness (QED) is 0.897. The highest BCUT2D eigenvalue weighted by Crippen LogP contribution is 2.41. The standard InChI is InChI=1S/C13H17F3N2/c1-2-5-12(6-3-7-18-12)11-9-17-8-4-10(11)13(14,15)16/h4,8-9,18H,2-3,5-7H2,1H3. The lowest BCUT2D eigenvalue weighted by Crippen LogP contribution is -2.38. The third-order valence-corrected chi connectivity index (χ3v) is 3.56. The van der Waals surface area contributed by atoms with Gasteiger partial charge in [-0.25, -0.2) is 0 Å². The maximum absolute atomic E-state index is 13.1. The Balaban J connectivity index is 2.48. The van der Waals surface area contributed by atoms with Crippen molar-refractivity contribution in [3.05, 3.63) is 29.6 Å². The molecule has 0 bridgehead atoms. The van der Waals surface area contributed by atoms with Gasteiger partial charge in [0, 0.05) is 23.5 Å². The molecule has 0 amide bonds. The summed E-state index contributed by atoms with van der Waals surface area (Å²) in [5.74, 6) is 0. The minimum absolute atomic E-state index is 0.303. The smallest absolute Gasteiger partial charge is 0.307 e.